The van der Waals surface area contributed by atoms with Crippen LogP contribution in [0.15, 0.2) is 0 Å². The fourth-order valence-corrected chi connectivity index (χ4v) is 7.58. The molecule has 3 unspecified atom stereocenters. The van der Waals surface area contributed by atoms with Gasteiger partial charge in [0.2, 0.25) is 0 Å². The van der Waals surface area contributed by atoms with Crippen molar-refractivity contribution in [2.24, 2.45) is 40.7 Å². The largest absolute Gasteiger partial charge is 0.326 e. The summed E-state index contributed by atoms with van der Waals surface area (Å²) in [6.45, 7) is 3.94. The van der Waals surface area contributed by atoms with E-state index in [4.69, 9.17) is 5.73 Å². The van der Waals surface area contributed by atoms with Crippen LogP contribution in [0.4, 0.5) is 0 Å². The van der Waals surface area contributed by atoms with E-state index >= 15 is 0 Å². The Morgan fingerprint density at radius 1 is 0.905 bits per heavy atom. The van der Waals surface area contributed by atoms with Crippen molar-refractivity contribution < 1.29 is 0 Å². The first-order valence-corrected chi connectivity index (χ1v) is 9.68. The highest BCUT2D eigenvalue weighted by Gasteiger charge is 2.53. The summed E-state index contributed by atoms with van der Waals surface area (Å²) in [6.07, 6.45) is 13.5. The van der Waals surface area contributed by atoms with Crippen molar-refractivity contribution in [3.05, 3.63) is 0 Å². The number of nitrogens with zero attached hydrogens (tertiary/aromatic N) is 1. The number of likely N-dealkylation sites (tertiary alicyclic amines) is 1. The second kappa shape index (κ2) is 4.71. The summed E-state index contributed by atoms with van der Waals surface area (Å²) < 4.78 is 0. The molecule has 0 aromatic carbocycles. The van der Waals surface area contributed by atoms with Crippen LogP contribution in [-0.4, -0.2) is 30.6 Å². The quantitative estimate of drug-likeness (QED) is 0.863. The van der Waals surface area contributed by atoms with Crippen molar-refractivity contribution in [2.75, 3.05) is 19.6 Å². The van der Waals surface area contributed by atoms with E-state index in [1.54, 1.807) is 19.3 Å². The molecule has 21 heavy (non-hydrogen) atoms. The molecule has 1 aliphatic heterocycles. The maximum Gasteiger partial charge on any atom is 0.0225 e. The molecule has 2 N–H and O–H groups in total. The van der Waals surface area contributed by atoms with Gasteiger partial charge in [-0.2, -0.15) is 0 Å². The van der Waals surface area contributed by atoms with E-state index in [1.165, 1.54) is 58.2 Å². The summed E-state index contributed by atoms with van der Waals surface area (Å²) in [4.78, 5) is 2.75. The van der Waals surface area contributed by atoms with Gasteiger partial charge in [0, 0.05) is 25.7 Å². The molecule has 0 amide bonds. The maximum absolute atomic E-state index is 6.86. The molecule has 1 heterocycles. The first-order chi connectivity index (χ1) is 10.2. The molecule has 0 spiro atoms. The minimum atomic E-state index is 0.463. The van der Waals surface area contributed by atoms with Crippen molar-refractivity contribution in [1.82, 2.24) is 4.90 Å². The summed E-state index contributed by atoms with van der Waals surface area (Å²) in [5, 5.41) is 0. The van der Waals surface area contributed by atoms with Crippen molar-refractivity contribution in [2.45, 2.75) is 63.8 Å². The van der Waals surface area contributed by atoms with Gasteiger partial charge in [-0.15, -0.1) is 0 Å². The van der Waals surface area contributed by atoms with Gasteiger partial charge in [0.25, 0.3) is 0 Å². The van der Waals surface area contributed by atoms with E-state index in [-0.39, 0.29) is 0 Å². The third kappa shape index (κ3) is 2.12. The summed E-state index contributed by atoms with van der Waals surface area (Å²) in [6, 6.07) is 0.463. The molecule has 4 bridgehead atoms. The zero-order chi connectivity index (χ0) is 14.0. The Labute approximate surface area is 129 Å². The van der Waals surface area contributed by atoms with E-state index in [2.05, 4.69) is 4.90 Å². The van der Waals surface area contributed by atoms with Crippen LogP contribution in [0.5, 0.6) is 0 Å². The van der Waals surface area contributed by atoms with Gasteiger partial charge < -0.3 is 10.6 Å². The fraction of sp³-hybridized carbons (Fsp3) is 1.00. The van der Waals surface area contributed by atoms with Crippen molar-refractivity contribution in [1.29, 1.82) is 0 Å². The average molecular weight is 288 g/mol. The van der Waals surface area contributed by atoms with Crippen molar-refractivity contribution in [3.63, 3.8) is 0 Å². The third-order valence-electron chi connectivity index (χ3n) is 8.13. The summed E-state index contributed by atoms with van der Waals surface area (Å²) in [7, 11) is 0. The van der Waals surface area contributed by atoms with Crippen molar-refractivity contribution in [3.8, 4) is 0 Å². The Morgan fingerprint density at radius 3 is 1.95 bits per heavy atom. The number of hydrogen-bond acceptors (Lipinski definition) is 2. The molecule has 2 nitrogen and oxygen atoms in total. The van der Waals surface area contributed by atoms with Crippen LogP contribution in [-0.2, 0) is 0 Å². The summed E-state index contributed by atoms with van der Waals surface area (Å²) in [5.74, 6) is 5.17. The zero-order valence-corrected chi connectivity index (χ0v) is 13.5. The molecule has 6 aliphatic rings. The van der Waals surface area contributed by atoms with Crippen LogP contribution in [0.1, 0.15) is 57.8 Å². The van der Waals surface area contributed by atoms with Crippen LogP contribution in [0.2, 0.25) is 0 Å². The lowest BCUT2D eigenvalue weighted by Gasteiger charge is -2.59. The smallest absolute Gasteiger partial charge is 0.0225 e. The fourth-order valence-electron chi connectivity index (χ4n) is 7.58. The zero-order valence-electron chi connectivity index (χ0n) is 13.5. The summed E-state index contributed by atoms with van der Waals surface area (Å²) in [5.41, 5.74) is 7.41. The van der Waals surface area contributed by atoms with Gasteiger partial charge in [-0.25, -0.2) is 0 Å². The third-order valence-corrected chi connectivity index (χ3v) is 8.13. The maximum atomic E-state index is 6.86. The molecule has 0 aromatic heterocycles. The van der Waals surface area contributed by atoms with E-state index in [0.717, 1.165) is 29.6 Å². The first kappa shape index (κ1) is 13.4. The van der Waals surface area contributed by atoms with Gasteiger partial charge >= 0.3 is 0 Å². The van der Waals surface area contributed by atoms with Gasteiger partial charge in [0.05, 0.1) is 0 Å². The number of fused-ring (bicyclic) bond motifs is 1. The van der Waals surface area contributed by atoms with Crippen LogP contribution in [0.25, 0.3) is 0 Å². The Balaban J connectivity index is 1.27. The monoisotopic (exact) mass is 288 g/mol. The molecule has 0 radical (unpaired) electrons. The standard InChI is InChI=1S/C19H32N2/c20-18(12-21-10-16-2-1-3-17(16)11-21)19-7-13-4-14(8-19)6-15(5-13)9-19/h13-18H,1-12,20H2. The van der Waals surface area contributed by atoms with Gasteiger partial charge in [-0.1, -0.05) is 6.42 Å². The Morgan fingerprint density at radius 2 is 1.43 bits per heavy atom. The van der Waals surface area contributed by atoms with E-state index in [0.29, 0.717) is 11.5 Å². The predicted octanol–water partition coefficient (Wildman–Crippen LogP) is 3.26. The first-order valence-electron chi connectivity index (χ1n) is 9.68. The Bertz CT molecular complexity index is 371. The van der Waals surface area contributed by atoms with E-state index in [9.17, 15) is 0 Å². The summed E-state index contributed by atoms with van der Waals surface area (Å²) >= 11 is 0. The lowest BCUT2D eigenvalue weighted by Crippen LogP contribution is -2.57. The Kier molecular flexibility index (Phi) is 3.00. The molecule has 0 aromatic rings. The molecule has 1 saturated heterocycles. The van der Waals surface area contributed by atoms with Crippen molar-refractivity contribution >= 4 is 0 Å². The second-order valence-electron chi connectivity index (χ2n) is 9.56. The molecule has 3 atom stereocenters. The molecule has 5 saturated carbocycles. The average Bonchev–Trinajstić information content (AvgIpc) is 2.97. The van der Waals surface area contributed by atoms with Crippen LogP contribution in [0, 0.1) is 35.0 Å². The SMILES string of the molecule is NC(CN1CC2CCCC2C1)C12CC3CC(CC(C3)C1)C2. The molecular formula is C19H32N2. The molecule has 6 fully saturated rings. The molecule has 118 valence electrons. The highest BCUT2D eigenvalue weighted by molar-refractivity contribution is 5.06. The number of hydrogen-bond donors (Lipinski definition) is 1. The van der Waals surface area contributed by atoms with Gasteiger partial charge in [-0.05, 0) is 86.4 Å². The highest BCUT2D eigenvalue weighted by atomic mass is 15.2. The Hall–Kier alpha value is -0.0800. The van der Waals surface area contributed by atoms with Crippen LogP contribution in [0.3, 0.4) is 0 Å². The predicted molar refractivity (Wildman–Crippen MR) is 85.9 cm³/mol. The normalized spacial score (nSPS) is 53.3. The number of nitrogens with two attached hydrogens (primary N) is 1. The molecule has 2 heteroatoms. The molecule has 5 aliphatic carbocycles. The van der Waals surface area contributed by atoms with E-state index < -0.39 is 0 Å². The second-order valence-corrected chi connectivity index (χ2v) is 9.56. The molecular weight excluding hydrogens is 256 g/mol. The molecule has 6 rings (SSSR count). The van der Waals surface area contributed by atoms with Crippen LogP contribution >= 0.6 is 0 Å². The highest BCUT2D eigenvalue weighted by Crippen LogP contribution is 2.61. The lowest BCUT2D eigenvalue weighted by atomic mass is 9.48. The number of rotatable bonds is 3. The minimum absolute atomic E-state index is 0.463. The lowest BCUT2D eigenvalue weighted by molar-refractivity contribution is -0.0709. The van der Waals surface area contributed by atoms with Gasteiger partial charge in [0.1, 0.15) is 0 Å². The van der Waals surface area contributed by atoms with Crippen LogP contribution < -0.4 is 5.73 Å². The van der Waals surface area contributed by atoms with Gasteiger partial charge in [-0.3, -0.25) is 0 Å². The minimum Gasteiger partial charge on any atom is -0.326 e. The topological polar surface area (TPSA) is 29.3 Å². The van der Waals surface area contributed by atoms with Gasteiger partial charge in [0.15, 0.2) is 0 Å². The van der Waals surface area contributed by atoms with E-state index in [1.807, 2.05) is 0 Å².